The van der Waals surface area contributed by atoms with Crippen molar-refractivity contribution in [1.29, 1.82) is 0 Å². The van der Waals surface area contributed by atoms with Crippen molar-refractivity contribution in [2.45, 2.75) is 57.8 Å². The van der Waals surface area contributed by atoms with Crippen molar-refractivity contribution >= 4 is 172 Å². The molecule has 3 aliphatic carbocycles. The molecule has 0 radical (unpaired) electrons. The molecule has 0 aliphatic heterocycles. The summed E-state index contributed by atoms with van der Waals surface area (Å²) < 4.78 is 4.00. The van der Waals surface area contributed by atoms with Crippen LogP contribution in [0, 0.1) is 0 Å². The minimum Gasteiger partial charge on any atom is -0.135 e. The lowest BCUT2D eigenvalue weighted by atomic mass is 9.79. The SMILES string of the molecule is CC1(C)c2cc(-c3c4ccccc4c(-c4ccc(-c5cccc(-c6ccc7c8c(sc7c6)-c6ccc(-c7c9ccccc9c(-c9cc(-c%10cccc(-c%11ccc%12sc%13c(c%12c%11)C(C)(C)c%11cc(-c%12c%14ccccc%14c(-c%14cc(-c%15cccc%16ccccc%15%16)cc%15ccccc%14%15)c%14ccccc%12%14)ccc%11-%13)c%10)cc%10ccccc9%10)c9ccccc79)cc6C8(C)C)c5)c5ccccc45)c4ccccc34)ccc2-c2sc3ccccc3c21. The van der Waals surface area contributed by atoms with Gasteiger partial charge in [0.2, 0.25) is 0 Å². The van der Waals surface area contributed by atoms with Crippen LogP contribution >= 0.6 is 34.0 Å². The van der Waals surface area contributed by atoms with Gasteiger partial charge in [0.1, 0.15) is 0 Å². The Morgan fingerprint density at radius 3 is 0.892 bits per heavy atom. The summed E-state index contributed by atoms with van der Waals surface area (Å²) in [5, 5.41) is 29.0. The van der Waals surface area contributed by atoms with Gasteiger partial charge in [-0.2, -0.15) is 0 Å². The number of rotatable bonds is 11. The third-order valence-corrected chi connectivity index (χ3v) is 37.5. The highest BCUT2D eigenvalue weighted by atomic mass is 32.1. The fourth-order valence-corrected chi connectivity index (χ4v) is 31.4. The van der Waals surface area contributed by atoms with E-state index in [9.17, 15) is 0 Å². The summed E-state index contributed by atoms with van der Waals surface area (Å²) in [7, 11) is 0. The van der Waals surface area contributed by atoms with E-state index in [2.05, 4.69) is 503 Å². The van der Waals surface area contributed by atoms with Gasteiger partial charge in [-0.15, -0.1) is 34.0 Å². The van der Waals surface area contributed by atoms with Crippen LogP contribution in [-0.2, 0) is 16.2 Å². The monoisotopic (exact) mass is 1930 g/mol. The molecule has 692 valence electrons. The van der Waals surface area contributed by atoms with E-state index in [1.54, 1.807) is 0 Å². The molecule has 0 atom stereocenters. The standard InChI is InChI=1S/C145H94S3/c1-143(2)125-79-92(61-65-117(125)140-137(143)120-57-27-28-59-128(120)146-140)131-104-45-15-21-51-110(104)134(111-52-22-16-46-105(111)131)116-70-69-101(102-43-13-14-44-103(102)116)91-39-30-37-85(73-91)88-60-68-121-130(82-88)148-141-118-66-62-93(80-126(118)144(3,4)138(121)141)132-106-47-17-23-53-112(106)135(113-54-24-18-48-107(113)132)122-77-95(74-89-33-8-11-41-98(89)122)86-38-29-36-84(72-86)87-64-71-129-124(76-87)139-142(147-129)119-67-63-94(81-127(119)145(139,5)6)133-108-49-19-25-55-114(108)136(115-56-26-20-50-109(115)133)123-78-96(75-90-34-9-12-42-99(90)123)100-58-31-35-83-32-7-10-40-97(83)100/h7-82H,1-6H3. The maximum Gasteiger partial charge on any atom is 0.0399 e. The minimum atomic E-state index is -0.287. The van der Waals surface area contributed by atoms with Gasteiger partial charge in [0.25, 0.3) is 0 Å². The van der Waals surface area contributed by atoms with Crippen LogP contribution < -0.4 is 0 Å². The number of hydrogen-bond acceptors (Lipinski definition) is 3. The fraction of sp³-hybridized carbons (Fsp3) is 0.0621. The lowest BCUT2D eigenvalue weighted by molar-refractivity contribution is 0.667. The first-order chi connectivity index (χ1) is 72.7. The summed E-state index contributed by atoms with van der Waals surface area (Å²) in [4.78, 5) is 4.17. The van der Waals surface area contributed by atoms with E-state index in [0.29, 0.717) is 0 Å². The molecule has 3 heterocycles. The molecule has 0 bridgehead atoms. The average molecular weight is 1930 g/mol. The molecule has 3 aromatic heterocycles. The first kappa shape index (κ1) is 85.4. The van der Waals surface area contributed by atoms with Crippen LogP contribution in [0.1, 0.15) is 74.9 Å². The number of benzene rings is 25. The molecule has 148 heavy (non-hydrogen) atoms. The Bertz CT molecular complexity index is 10600. The summed E-state index contributed by atoms with van der Waals surface area (Å²) in [5.41, 5.74) is 39.0. The first-order valence-electron chi connectivity index (χ1n) is 51.9. The molecular weight excluding hydrogens is 1840 g/mol. The summed E-state index contributed by atoms with van der Waals surface area (Å²) in [5.74, 6) is 0. The van der Waals surface area contributed by atoms with Gasteiger partial charge in [0.15, 0.2) is 0 Å². The lowest BCUT2D eigenvalue weighted by Crippen LogP contribution is -2.15. The fourth-order valence-electron chi connectivity index (χ4n) is 27.2. The number of thiophene rings is 3. The highest BCUT2D eigenvalue weighted by Gasteiger charge is 2.43. The Hall–Kier alpha value is -17.0. The molecule has 3 aliphatic rings. The van der Waals surface area contributed by atoms with E-state index < -0.39 is 0 Å². The maximum absolute atomic E-state index is 2.55. The van der Waals surface area contributed by atoms with Crippen LogP contribution in [0.2, 0.25) is 0 Å². The van der Waals surface area contributed by atoms with Crippen molar-refractivity contribution in [1.82, 2.24) is 0 Å². The molecule has 28 aromatic rings. The van der Waals surface area contributed by atoms with Gasteiger partial charge in [-0.05, 0) is 375 Å². The van der Waals surface area contributed by atoms with Crippen molar-refractivity contribution in [2.75, 3.05) is 0 Å². The quantitative estimate of drug-likeness (QED) is 0.113. The highest BCUT2D eigenvalue weighted by molar-refractivity contribution is 7.23. The van der Waals surface area contributed by atoms with Crippen LogP contribution in [0.4, 0.5) is 0 Å². The highest BCUT2D eigenvalue weighted by Crippen LogP contribution is 2.63. The molecule has 0 nitrogen and oxygen atoms in total. The predicted molar refractivity (Wildman–Crippen MR) is 640 cm³/mol. The molecule has 0 spiro atoms. The minimum absolute atomic E-state index is 0.139. The van der Waals surface area contributed by atoms with Crippen LogP contribution in [-0.4, -0.2) is 0 Å². The Labute approximate surface area is 870 Å². The van der Waals surface area contributed by atoms with Gasteiger partial charge in [0.05, 0.1) is 0 Å². The van der Waals surface area contributed by atoms with E-state index in [-0.39, 0.29) is 16.2 Å². The van der Waals surface area contributed by atoms with Crippen molar-refractivity contribution in [3.63, 3.8) is 0 Å². The third kappa shape index (κ3) is 12.4. The van der Waals surface area contributed by atoms with Gasteiger partial charge in [-0.1, -0.05) is 424 Å². The average Bonchev–Trinajstić information content (AvgIpc) is 1.55. The Morgan fingerprint density at radius 2 is 0.419 bits per heavy atom. The maximum atomic E-state index is 2.55. The zero-order chi connectivity index (χ0) is 98.0. The normalized spacial score (nSPS) is 13.6. The van der Waals surface area contributed by atoms with Crippen LogP contribution in [0.25, 0.3) is 292 Å². The molecule has 3 heteroatoms. The third-order valence-electron chi connectivity index (χ3n) is 33.9. The second-order valence-corrected chi connectivity index (χ2v) is 46.1. The second-order valence-electron chi connectivity index (χ2n) is 42.9. The van der Waals surface area contributed by atoms with Crippen LogP contribution in [0.3, 0.4) is 0 Å². The van der Waals surface area contributed by atoms with Gasteiger partial charge in [-0.3, -0.25) is 0 Å². The molecule has 0 N–H and O–H groups in total. The van der Waals surface area contributed by atoms with Crippen molar-refractivity contribution in [3.05, 3.63) is 494 Å². The number of fused-ring (bicyclic) bond motifs is 25. The lowest BCUT2D eigenvalue weighted by Gasteiger charge is -2.24. The van der Waals surface area contributed by atoms with Gasteiger partial charge >= 0.3 is 0 Å². The summed E-state index contributed by atoms with van der Waals surface area (Å²) >= 11 is 5.84. The molecule has 0 unspecified atom stereocenters. The molecule has 0 amide bonds. The largest absolute Gasteiger partial charge is 0.135 e. The molecular formula is C145H94S3. The van der Waals surface area contributed by atoms with Gasteiger partial charge < -0.3 is 0 Å². The van der Waals surface area contributed by atoms with Crippen LogP contribution in [0.15, 0.2) is 461 Å². The molecule has 0 fully saturated rings. The van der Waals surface area contributed by atoms with Gasteiger partial charge in [-0.25, -0.2) is 0 Å². The molecule has 31 rings (SSSR count). The second kappa shape index (κ2) is 32.0. The Kier molecular flexibility index (Phi) is 18.5. The predicted octanol–water partition coefficient (Wildman–Crippen LogP) is 42.1. The number of hydrogen-bond donors (Lipinski definition) is 0. The van der Waals surface area contributed by atoms with Crippen molar-refractivity contribution in [3.8, 4) is 154 Å². The summed E-state index contributed by atoms with van der Waals surface area (Å²) in [6.45, 7) is 14.7. The van der Waals surface area contributed by atoms with E-state index in [1.165, 1.54) is 325 Å². The topological polar surface area (TPSA) is 0 Å². The molecule has 0 saturated heterocycles. The zero-order valence-corrected chi connectivity index (χ0v) is 85.1. The smallest absolute Gasteiger partial charge is 0.0399 e. The summed E-state index contributed by atoms with van der Waals surface area (Å²) in [6, 6.07) is 177. The van der Waals surface area contributed by atoms with E-state index in [0.717, 1.165) is 0 Å². The summed E-state index contributed by atoms with van der Waals surface area (Å²) in [6.07, 6.45) is 0. The van der Waals surface area contributed by atoms with E-state index >= 15 is 0 Å². The molecule has 0 saturated carbocycles. The van der Waals surface area contributed by atoms with Crippen molar-refractivity contribution in [2.24, 2.45) is 0 Å². The first-order valence-corrected chi connectivity index (χ1v) is 54.3. The molecule has 25 aromatic carbocycles. The van der Waals surface area contributed by atoms with Gasteiger partial charge in [0, 0.05) is 45.0 Å². The zero-order valence-electron chi connectivity index (χ0n) is 82.6. The Morgan fingerprint density at radius 1 is 0.135 bits per heavy atom. The van der Waals surface area contributed by atoms with Crippen molar-refractivity contribution < 1.29 is 0 Å². The van der Waals surface area contributed by atoms with Crippen LogP contribution in [0.5, 0.6) is 0 Å². The van der Waals surface area contributed by atoms with E-state index in [4.69, 9.17) is 0 Å². The van der Waals surface area contributed by atoms with E-state index in [1.807, 2.05) is 34.0 Å². The Balaban J connectivity index is 0.453.